The molecule has 0 aliphatic rings. The van der Waals surface area contributed by atoms with Gasteiger partial charge in [0.25, 0.3) is 0 Å². The molecule has 0 aromatic carbocycles. The van der Waals surface area contributed by atoms with Gasteiger partial charge in [0.05, 0.1) is 0 Å². The molecule has 0 aliphatic heterocycles. The molecule has 1 radical (unpaired) electrons. The molecular formula is C9H17GeO2. The van der Waals surface area contributed by atoms with E-state index in [4.69, 9.17) is 3.76 Å². The van der Waals surface area contributed by atoms with Crippen LogP contribution in [0.2, 0.25) is 0 Å². The van der Waals surface area contributed by atoms with Crippen molar-refractivity contribution in [2.24, 2.45) is 5.92 Å². The summed E-state index contributed by atoms with van der Waals surface area (Å²) in [7, 11) is 0. The van der Waals surface area contributed by atoms with Gasteiger partial charge in [0.15, 0.2) is 0 Å². The first-order valence-electron chi connectivity index (χ1n) is 4.33. The van der Waals surface area contributed by atoms with Gasteiger partial charge < -0.3 is 0 Å². The van der Waals surface area contributed by atoms with Crippen molar-refractivity contribution >= 4 is 22.8 Å². The van der Waals surface area contributed by atoms with Crippen molar-refractivity contribution in [1.82, 2.24) is 0 Å². The summed E-state index contributed by atoms with van der Waals surface area (Å²) in [6.07, 6.45) is 5.69. The number of hydrogen-bond acceptors (Lipinski definition) is 2. The van der Waals surface area contributed by atoms with Crippen molar-refractivity contribution in [3.63, 3.8) is 0 Å². The van der Waals surface area contributed by atoms with E-state index in [1.54, 1.807) is 6.08 Å². The number of hydrogen-bond donors (Lipinski definition) is 0. The fourth-order valence-electron chi connectivity index (χ4n) is 1.10. The van der Waals surface area contributed by atoms with E-state index in [1.165, 1.54) is 0 Å². The predicted molar refractivity (Wildman–Crippen MR) is 52.5 cm³/mol. The topological polar surface area (TPSA) is 26.3 Å². The molecular weight excluding hydrogens is 213 g/mol. The summed E-state index contributed by atoms with van der Waals surface area (Å²) in [5.41, 5.74) is 0. The maximum absolute atomic E-state index is 11.2. The first kappa shape index (κ1) is 11.8. The van der Waals surface area contributed by atoms with Gasteiger partial charge in [-0.05, 0) is 0 Å². The molecule has 0 spiro atoms. The van der Waals surface area contributed by atoms with Crippen LogP contribution < -0.4 is 0 Å². The maximum atomic E-state index is 11.2. The van der Waals surface area contributed by atoms with Crippen molar-refractivity contribution < 1.29 is 8.56 Å². The van der Waals surface area contributed by atoms with Crippen molar-refractivity contribution in [2.75, 3.05) is 0 Å². The minimum atomic E-state index is -0.0525. The Bertz CT molecular complexity index is 145. The number of unbranched alkanes of at least 4 members (excludes halogenated alkanes) is 1. The number of carbonyl (C=O) groups is 1. The Morgan fingerprint density at radius 3 is 2.83 bits per heavy atom. The average molecular weight is 230 g/mol. The molecule has 0 saturated carbocycles. The van der Waals surface area contributed by atoms with Crippen LogP contribution in [0.25, 0.3) is 0 Å². The Morgan fingerprint density at radius 2 is 2.42 bits per heavy atom. The summed E-state index contributed by atoms with van der Waals surface area (Å²) < 4.78 is 4.80. The van der Waals surface area contributed by atoms with E-state index >= 15 is 0 Å². The summed E-state index contributed by atoms with van der Waals surface area (Å²) in [6, 6.07) is 0. The van der Waals surface area contributed by atoms with E-state index < -0.39 is 0 Å². The summed E-state index contributed by atoms with van der Waals surface area (Å²) >= 11 is 0.596. The van der Waals surface area contributed by atoms with E-state index in [2.05, 4.69) is 13.5 Å². The molecule has 0 fully saturated rings. The molecule has 0 N–H and O–H groups in total. The molecule has 0 aromatic heterocycles. The monoisotopic (exact) mass is 231 g/mol. The second kappa shape index (κ2) is 7.40. The average Bonchev–Trinajstić information content (AvgIpc) is 2.11. The van der Waals surface area contributed by atoms with Gasteiger partial charge in [0.1, 0.15) is 0 Å². The van der Waals surface area contributed by atoms with Gasteiger partial charge in [0, 0.05) is 0 Å². The van der Waals surface area contributed by atoms with E-state index in [0.29, 0.717) is 16.9 Å². The fraction of sp³-hybridized carbons (Fsp3) is 0.667. The zero-order valence-corrected chi connectivity index (χ0v) is 10.7. The minimum absolute atomic E-state index is 0.0520. The number of allylic oxidation sites excluding steroid dienone is 1. The van der Waals surface area contributed by atoms with Gasteiger partial charge in [-0.25, -0.2) is 0 Å². The molecule has 0 rings (SSSR count). The van der Waals surface area contributed by atoms with Crippen LogP contribution >= 0.6 is 0 Å². The van der Waals surface area contributed by atoms with Gasteiger partial charge in [-0.1, -0.05) is 0 Å². The van der Waals surface area contributed by atoms with Crippen LogP contribution in [0.5, 0.6) is 0 Å². The van der Waals surface area contributed by atoms with Crippen LogP contribution in [0.1, 0.15) is 32.6 Å². The Balaban J connectivity index is 3.84. The molecule has 12 heavy (non-hydrogen) atoms. The zero-order chi connectivity index (χ0) is 9.40. The van der Waals surface area contributed by atoms with E-state index in [-0.39, 0.29) is 11.9 Å². The third-order valence-corrected chi connectivity index (χ3v) is 2.43. The summed E-state index contributed by atoms with van der Waals surface area (Å²) in [5, 5.41) is 0. The fourth-order valence-corrected chi connectivity index (χ4v) is 1.60. The third kappa shape index (κ3) is 4.59. The molecule has 0 heterocycles. The molecule has 3 heteroatoms. The Morgan fingerprint density at radius 1 is 1.75 bits per heavy atom. The summed E-state index contributed by atoms with van der Waals surface area (Å²) in [4.78, 5) is 11.2. The number of carbonyl (C=O) groups excluding carboxylic acids is 1. The van der Waals surface area contributed by atoms with Gasteiger partial charge in [-0.3, -0.25) is 0 Å². The van der Waals surface area contributed by atoms with Crippen LogP contribution in [-0.2, 0) is 8.56 Å². The van der Waals surface area contributed by atoms with Crippen LogP contribution in [0.3, 0.4) is 0 Å². The molecule has 0 bridgehead atoms. The van der Waals surface area contributed by atoms with Gasteiger partial charge >= 0.3 is 82.6 Å². The molecule has 0 amide bonds. The van der Waals surface area contributed by atoms with Crippen LogP contribution in [0.4, 0.5) is 0 Å². The molecule has 2 nitrogen and oxygen atoms in total. The first-order valence-corrected chi connectivity index (χ1v) is 5.54. The van der Waals surface area contributed by atoms with E-state index in [1.807, 2.05) is 0 Å². The van der Waals surface area contributed by atoms with Gasteiger partial charge in [-0.15, -0.1) is 0 Å². The second-order valence-electron chi connectivity index (χ2n) is 2.83. The van der Waals surface area contributed by atoms with Crippen molar-refractivity contribution in [2.45, 2.75) is 32.6 Å². The predicted octanol–water partition coefficient (Wildman–Crippen LogP) is 1.46. The van der Waals surface area contributed by atoms with Crippen LogP contribution in [0.15, 0.2) is 12.7 Å². The van der Waals surface area contributed by atoms with Gasteiger partial charge in [-0.2, -0.15) is 0 Å². The molecule has 1 unspecified atom stereocenters. The number of rotatable bonds is 6. The molecule has 0 aliphatic carbocycles. The third-order valence-electron chi connectivity index (χ3n) is 1.83. The summed E-state index contributed by atoms with van der Waals surface area (Å²) in [6.45, 7) is 5.75. The van der Waals surface area contributed by atoms with Crippen molar-refractivity contribution in [3.05, 3.63) is 12.7 Å². The van der Waals surface area contributed by atoms with Crippen LogP contribution in [0, 0.1) is 5.92 Å². The normalized spacial score (nSPS) is 12.2. The Kier molecular flexibility index (Phi) is 7.25. The Labute approximate surface area is 82.9 Å². The quantitative estimate of drug-likeness (QED) is 0.509. The molecule has 69 valence electrons. The molecule has 0 saturated heterocycles. The standard InChI is InChI=1S/C9H17GeO2/c1-3-5-7-8(6-4-2)9(11)12-10/h4,8H,2-3,5-7,10H2,1H3. The van der Waals surface area contributed by atoms with E-state index in [9.17, 15) is 4.79 Å². The molecule has 0 aromatic rings. The van der Waals surface area contributed by atoms with Crippen molar-refractivity contribution in [1.29, 1.82) is 0 Å². The first-order chi connectivity index (χ1) is 5.76. The van der Waals surface area contributed by atoms with Crippen molar-refractivity contribution in [3.8, 4) is 0 Å². The van der Waals surface area contributed by atoms with Gasteiger partial charge in [0.2, 0.25) is 0 Å². The second-order valence-corrected chi connectivity index (χ2v) is 3.43. The van der Waals surface area contributed by atoms with Crippen LogP contribution in [-0.4, -0.2) is 22.8 Å². The Hall–Kier alpha value is -0.247. The summed E-state index contributed by atoms with van der Waals surface area (Å²) in [5.74, 6) is -0.000417. The molecule has 1 atom stereocenters. The zero-order valence-electron chi connectivity index (χ0n) is 7.71. The van der Waals surface area contributed by atoms with E-state index in [0.717, 1.165) is 25.7 Å². The SMILES string of the molecule is C=CCC(CCCC)C(=O)[O][GeH2].